The Labute approximate surface area is 228 Å². The Bertz CT molecular complexity index is 1670. The number of thiophene rings is 1. The van der Waals surface area contributed by atoms with Crippen LogP contribution in [0.15, 0.2) is 45.0 Å². The molecule has 17 nitrogen and oxygen atoms in total. The summed E-state index contributed by atoms with van der Waals surface area (Å²) in [5.74, 6) is -0.0119. The number of aliphatic hydroxyl groups is 1. The second-order valence-electron chi connectivity index (χ2n) is 8.62. The van der Waals surface area contributed by atoms with Gasteiger partial charge in [0.15, 0.2) is 11.0 Å². The fourth-order valence-electron chi connectivity index (χ4n) is 4.06. The van der Waals surface area contributed by atoms with Gasteiger partial charge in [0.05, 0.1) is 35.9 Å². The quantitative estimate of drug-likeness (QED) is 0.0903. The van der Waals surface area contributed by atoms with Crippen LogP contribution >= 0.6 is 19.2 Å². The zero-order chi connectivity index (χ0) is 28.6. The molecule has 40 heavy (non-hydrogen) atoms. The van der Waals surface area contributed by atoms with Gasteiger partial charge in [-0.15, -0.1) is 11.3 Å². The molecule has 0 radical (unpaired) electrons. The molecule has 1 aliphatic heterocycles. The summed E-state index contributed by atoms with van der Waals surface area (Å²) in [6.45, 7) is -0.560. The van der Waals surface area contributed by atoms with Crippen LogP contribution in [0.25, 0.3) is 21.5 Å². The van der Waals surface area contributed by atoms with Crippen molar-refractivity contribution in [1.82, 2.24) is 19.9 Å². The van der Waals surface area contributed by atoms with Crippen LogP contribution in [0.4, 0.5) is 17.2 Å². The highest BCUT2D eigenvalue weighted by Crippen LogP contribution is 2.38. The van der Waals surface area contributed by atoms with E-state index in [2.05, 4.69) is 24.9 Å². The van der Waals surface area contributed by atoms with E-state index in [1.54, 1.807) is 42.5 Å². The Kier molecular flexibility index (Phi) is 7.67. The van der Waals surface area contributed by atoms with Crippen LogP contribution < -0.4 is 21.9 Å². The molecule has 0 spiro atoms. The molecule has 4 aromatic rings. The minimum absolute atomic E-state index is 0.0119. The number of fused-ring (bicyclic) bond motifs is 1. The van der Waals surface area contributed by atoms with Crippen LogP contribution in [0.2, 0.25) is 0 Å². The summed E-state index contributed by atoms with van der Waals surface area (Å²) < 4.78 is 27.0. The summed E-state index contributed by atoms with van der Waals surface area (Å²) in [7, 11) is -3.06. The molecule has 4 heterocycles. The first-order valence-corrected chi connectivity index (χ1v) is 13.8. The molecule has 212 valence electrons. The second kappa shape index (κ2) is 11.0. The molecule has 0 aliphatic carbocycles. The van der Waals surface area contributed by atoms with Gasteiger partial charge in [0, 0.05) is 29.4 Å². The largest absolute Gasteiger partial charge is 0.469 e. The van der Waals surface area contributed by atoms with Crippen molar-refractivity contribution in [3.05, 3.63) is 45.8 Å². The molecule has 1 saturated heterocycles. The standard InChI is InChI=1S/C21H23N8O9PS/c1-28(13-4-3-12(25-32)18-19(13)27-38-26-18)23-7-10-2-5-16(40-10)11-8-29(21(31)24-20(11)22)17-6-14(30)15(37-17)9-36-39(33,34)35/h2-5,7-8,14-15,17,25,30,32H,6,9H2,1H3,(H2,22,24,31)(H2,33,34,35)/b23-7+/t14-,15+,17+/m0/s1. The maximum absolute atomic E-state index is 12.6. The number of aliphatic hydroxyl groups excluding tert-OH is 1. The number of anilines is 3. The van der Waals surface area contributed by atoms with E-state index in [0.717, 1.165) is 9.44 Å². The molecule has 1 aromatic carbocycles. The number of nitrogens with one attached hydrogen (secondary N) is 1. The van der Waals surface area contributed by atoms with Gasteiger partial charge in [-0.3, -0.25) is 24.8 Å². The highest BCUT2D eigenvalue weighted by molar-refractivity contribution is 7.46. The van der Waals surface area contributed by atoms with E-state index < -0.39 is 38.6 Å². The van der Waals surface area contributed by atoms with E-state index in [9.17, 15) is 19.7 Å². The van der Waals surface area contributed by atoms with Gasteiger partial charge in [-0.25, -0.2) is 14.0 Å². The zero-order valence-corrected chi connectivity index (χ0v) is 22.3. The maximum atomic E-state index is 12.6. The van der Waals surface area contributed by atoms with E-state index in [0.29, 0.717) is 32.8 Å². The number of benzene rings is 1. The molecule has 3 atom stereocenters. The normalized spacial score (nSPS) is 19.6. The van der Waals surface area contributed by atoms with Crippen LogP contribution in [0.1, 0.15) is 17.5 Å². The van der Waals surface area contributed by atoms with Crippen molar-refractivity contribution in [1.29, 1.82) is 0 Å². The summed E-state index contributed by atoms with van der Waals surface area (Å²) in [5.41, 5.74) is 9.43. The van der Waals surface area contributed by atoms with Crippen molar-refractivity contribution < 1.29 is 38.6 Å². The van der Waals surface area contributed by atoms with Crippen molar-refractivity contribution in [3.8, 4) is 10.4 Å². The molecule has 1 fully saturated rings. The number of hydrogen-bond acceptors (Lipinski definition) is 15. The van der Waals surface area contributed by atoms with Gasteiger partial charge in [-0.05, 0) is 34.6 Å². The Hall–Kier alpha value is -3.74. The lowest BCUT2D eigenvalue weighted by atomic mass is 10.2. The fourth-order valence-corrected chi connectivity index (χ4v) is 5.30. The molecule has 0 unspecified atom stereocenters. The molecule has 0 saturated carbocycles. The monoisotopic (exact) mass is 594 g/mol. The lowest BCUT2D eigenvalue weighted by Crippen LogP contribution is -2.29. The first-order valence-electron chi connectivity index (χ1n) is 11.5. The van der Waals surface area contributed by atoms with Gasteiger partial charge in [-0.1, -0.05) is 0 Å². The van der Waals surface area contributed by atoms with E-state index in [1.807, 2.05) is 5.48 Å². The highest BCUT2D eigenvalue weighted by Gasteiger charge is 2.37. The molecule has 7 N–H and O–H groups in total. The van der Waals surface area contributed by atoms with Gasteiger partial charge in [0.25, 0.3) is 0 Å². The maximum Gasteiger partial charge on any atom is 0.469 e. The van der Waals surface area contributed by atoms with Crippen LogP contribution in [0, 0.1) is 0 Å². The van der Waals surface area contributed by atoms with Gasteiger partial charge in [-0.2, -0.15) is 10.1 Å². The van der Waals surface area contributed by atoms with Crippen molar-refractivity contribution in [2.45, 2.75) is 24.9 Å². The van der Waals surface area contributed by atoms with Crippen LogP contribution in [0.5, 0.6) is 0 Å². The number of phosphoric acid groups is 1. The summed E-state index contributed by atoms with van der Waals surface area (Å²) in [4.78, 5) is 35.7. The summed E-state index contributed by atoms with van der Waals surface area (Å²) in [6.07, 6.45) is -0.108. The number of hydrazone groups is 1. The van der Waals surface area contributed by atoms with Gasteiger partial charge < -0.3 is 25.4 Å². The molecule has 3 aromatic heterocycles. The number of hydrogen-bond donors (Lipinski definition) is 6. The Morgan fingerprint density at radius 1 is 1.32 bits per heavy atom. The molecule has 19 heteroatoms. The number of nitrogen functional groups attached to an aromatic ring is 1. The zero-order valence-electron chi connectivity index (χ0n) is 20.6. The van der Waals surface area contributed by atoms with E-state index in [-0.39, 0.29) is 12.2 Å². The van der Waals surface area contributed by atoms with Crippen LogP contribution in [-0.2, 0) is 13.8 Å². The van der Waals surface area contributed by atoms with Crippen molar-refractivity contribution >= 4 is 53.6 Å². The summed E-state index contributed by atoms with van der Waals surface area (Å²) >= 11 is 1.32. The third-order valence-corrected chi connectivity index (χ3v) is 7.55. The van der Waals surface area contributed by atoms with Crippen LogP contribution in [-0.4, -0.2) is 72.0 Å². The lowest BCUT2D eigenvalue weighted by Gasteiger charge is -2.17. The second-order valence-corrected chi connectivity index (χ2v) is 11.0. The molecule has 0 bridgehead atoms. The Balaban J connectivity index is 1.34. The van der Waals surface area contributed by atoms with E-state index in [1.165, 1.54) is 17.5 Å². The van der Waals surface area contributed by atoms with E-state index in [4.69, 9.17) is 24.9 Å². The lowest BCUT2D eigenvalue weighted by molar-refractivity contribution is -0.0449. The first kappa shape index (κ1) is 27.8. The van der Waals surface area contributed by atoms with E-state index >= 15 is 0 Å². The average molecular weight is 595 g/mol. The van der Waals surface area contributed by atoms with Crippen molar-refractivity contribution in [2.75, 3.05) is 29.9 Å². The first-order chi connectivity index (χ1) is 19.0. The number of rotatable bonds is 9. The summed E-state index contributed by atoms with van der Waals surface area (Å²) in [6, 6.07) is 6.85. The predicted octanol–water partition coefficient (Wildman–Crippen LogP) is 1.12. The number of ether oxygens (including phenoxy) is 1. The SMILES string of the molecule is CN(/N=C/c1ccc(-c2cn([C@H]3C[C@H](O)[C@@H](COP(=O)(O)O)O3)c(=O)nc2N)s1)c1ccc(NO)c2nonc12. The van der Waals surface area contributed by atoms with Gasteiger partial charge >= 0.3 is 13.5 Å². The van der Waals surface area contributed by atoms with Crippen molar-refractivity contribution in [3.63, 3.8) is 0 Å². The molecule has 0 amide bonds. The number of phosphoric ester groups is 1. The van der Waals surface area contributed by atoms with Crippen LogP contribution in [0.3, 0.4) is 0 Å². The Morgan fingerprint density at radius 3 is 2.85 bits per heavy atom. The predicted molar refractivity (Wildman–Crippen MR) is 142 cm³/mol. The summed E-state index contributed by atoms with van der Waals surface area (Å²) in [5, 5.41) is 33.1. The topological polar surface area (TPSA) is 244 Å². The average Bonchev–Trinajstić information content (AvgIpc) is 3.65. The van der Waals surface area contributed by atoms with Gasteiger partial charge in [0.2, 0.25) is 0 Å². The van der Waals surface area contributed by atoms with Crippen molar-refractivity contribution in [2.24, 2.45) is 5.10 Å². The highest BCUT2D eigenvalue weighted by atomic mass is 32.1. The minimum atomic E-state index is -4.76. The minimum Gasteiger partial charge on any atom is -0.390 e. The Morgan fingerprint density at radius 2 is 2.10 bits per heavy atom. The fraction of sp³-hybridized carbons (Fsp3) is 0.286. The molecule has 1 aliphatic rings. The third-order valence-electron chi connectivity index (χ3n) is 6.02. The number of nitrogens with zero attached hydrogens (tertiary/aromatic N) is 6. The molecule has 5 rings (SSSR count). The third kappa shape index (κ3) is 5.74. The molecular formula is C21H23N8O9PS. The molecular weight excluding hydrogens is 571 g/mol. The van der Waals surface area contributed by atoms with Gasteiger partial charge in [0.1, 0.15) is 18.1 Å². The number of nitrogens with two attached hydrogens (primary N) is 1. The number of aromatic nitrogens is 4. The smallest absolute Gasteiger partial charge is 0.390 e.